The molecule has 0 aliphatic rings. The Bertz CT molecular complexity index is 263. The summed E-state index contributed by atoms with van der Waals surface area (Å²) in [5, 5.41) is 13.8. The van der Waals surface area contributed by atoms with E-state index in [-0.39, 0.29) is 11.0 Å². The molecule has 0 aromatic carbocycles. The lowest BCUT2D eigenvalue weighted by Crippen LogP contribution is -2.41. The Labute approximate surface area is 76.8 Å². The highest BCUT2D eigenvalue weighted by Crippen LogP contribution is 2.01. The molecule has 0 heterocycles. The van der Waals surface area contributed by atoms with Crippen molar-refractivity contribution in [2.75, 3.05) is 6.54 Å². The highest BCUT2D eigenvalue weighted by molar-refractivity contribution is 7.86. The van der Waals surface area contributed by atoms with Gasteiger partial charge in [-0.05, 0) is 10.8 Å². The van der Waals surface area contributed by atoms with Crippen LogP contribution < -0.4 is 5.14 Å². The molecule has 0 atom stereocenters. The second kappa shape index (κ2) is 4.97. The monoisotopic (exact) mass is 211 g/mol. The average molecular weight is 211 g/mol. The summed E-state index contributed by atoms with van der Waals surface area (Å²) in [6.45, 7) is 1.74. The van der Waals surface area contributed by atoms with Crippen LogP contribution in [-0.4, -0.2) is 24.4 Å². The second-order valence-corrected chi connectivity index (χ2v) is 3.99. The van der Waals surface area contributed by atoms with Crippen molar-refractivity contribution in [1.82, 2.24) is 4.41 Å². The van der Waals surface area contributed by atoms with Gasteiger partial charge in [-0.15, -0.1) is 0 Å². The maximum Gasteiger partial charge on any atom is 0.348 e. The summed E-state index contributed by atoms with van der Waals surface area (Å²) in [6.07, 6.45) is 2.03. The number of nitro groups is 1. The lowest BCUT2D eigenvalue weighted by molar-refractivity contribution is -0.620. The van der Waals surface area contributed by atoms with Gasteiger partial charge in [0.2, 0.25) is 0 Å². The molecular formula is C5H13N3O4S. The highest BCUT2D eigenvalue weighted by Gasteiger charge is 2.25. The van der Waals surface area contributed by atoms with Crippen LogP contribution >= 0.6 is 0 Å². The summed E-state index contributed by atoms with van der Waals surface area (Å²) in [6, 6.07) is 0. The molecule has 7 nitrogen and oxygen atoms in total. The average Bonchev–Trinajstić information content (AvgIpc) is 1.94. The number of nitrogens with zero attached hydrogens (tertiary/aromatic N) is 2. The highest BCUT2D eigenvalue weighted by atomic mass is 32.2. The molecule has 0 fully saturated rings. The first-order valence-corrected chi connectivity index (χ1v) is 5.34. The Kier molecular flexibility index (Phi) is 4.63. The molecule has 0 aliphatic heterocycles. The first-order valence-electron chi connectivity index (χ1n) is 3.84. The molecule has 0 saturated carbocycles. The number of unbranched alkanes of at least 4 members (excludes halogenated alkanes) is 2. The standard InChI is InChI=1S/C5H13N3O4S/c1-2-3-4-5-7(8(9)10)13(6,11)12/h2-5H2,1H3,(H2,6,11,12). The van der Waals surface area contributed by atoms with E-state index < -0.39 is 15.2 Å². The zero-order valence-corrected chi connectivity index (χ0v) is 8.16. The van der Waals surface area contributed by atoms with E-state index >= 15 is 0 Å². The van der Waals surface area contributed by atoms with Crippen molar-refractivity contribution in [3.8, 4) is 0 Å². The van der Waals surface area contributed by atoms with Gasteiger partial charge in [0.1, 0.15) is 0 Å². The minimum atomic E-state index is -4.21. The maximum atomic E-state index is 10.6. The van der Waals surface area contributed by atoms with Gasteiger partial charge in [0.25, 0.3) is 0 Å². The summed E-state index contributed by atoms with van der Waals surface area (Å²) < 4.78 is 21.3. The van der Waals surface area contributed by atoms with Crippen LogP contribution in [0.4, 0.5) is 0 Å². The zero-order valence-electron chi connectivity index (χ0n) is 7.34. The molecule has 0 rings (SSSR count). The van der Waals surface area contributed by atoms with Gasteiger partial charge < -0.3 is 0 Å². The summed E-state index contributed by atoms with van der Waals surface area (Å²) in [4.78, 5) is 10.2. The Morgan fingerprint density at radius 2 is 2.00 bits per heavy atom. The summed E-state index contributed by atoms with van der Waals surface area (Å²) in [5.74, 6) is 0. The predicted molar refractivity (Wildman–Crippen MR) is 46.3 cm³/mol. The number of rotatable bonds is 6. The van der Waals surface area contributed by atoms with E-state index in [1.807, 2.05) is 6.92 Å². The third kappa shape index (κ3) is 4.63. The Balaban J connectivity index is 4.22. The number of hydrogen-bond acceptors (Lipinski definition) is 4. The van der Waals surface area contributed by atoms with Gasteiger partial charge in [0.15, 0.2) is 5.03 Å². The molecule has 0 aromatic rings. The van der Waals surface area contributed by atoms with Gasteiger partial charge in [-0.2, -0.15) is 8.42 Å². The van der Waals surface area contributed by atoms with E-state index in [1.165, 1.54) is 0 Å². The van der Waals surface area contributed by atoms with Crippen molar-refractivity contribution in [3.63, 3.8) is 0 Å². The van der Waals surface area contributed by atoms with Gasteiger partial charge in [0.05, 0.1) is 6.54 Å². The summed E-state index contributed by atoms with van der Waals surface area (Å²) in [5.41, 5.74) is 0. The molecule has 2 N–H and O–H groups in total. The topological polar surface area (TPSA) is 107 Å². The molecule has 0 aromatic heterocycles. The van der Waals surface area contributed by atoms with Crippen molar-refractivity contribution in [1.29, 1.82) is 0 Å². The van der Waals surface area contributed by atoms with Crippen LogP contribution in [-0.2, 0) is 10.2 Å². The quantitative estimate of drug-likeness (QED) is 0.375. The maximum absolute atomic E-state index is 10.6. The van der Waals surface area contributed by atoms with Crippen LogP contribution in [0.1, 0.15) is 26.2 Å². The minimum absolute atomic E-state index is 0.0582. The smallest absolute Gasteiger partial charge is 0.234 e. The van der Waals surface area contributed by atoms with E-state index in [0.29, 0.717) is 6.42 Å². The fourth-order valence-electron chi connectivity index (χ4n) is 0.799. The van der Waals surface area contributed by atoms with E-state index in [9.17, 15) is 18.5 Å². The van der Waals surface area contributed by atoms with Crippen molar-refractivity contribution in [2.24, 2.45) is 5.14 Å². The normalized spacial score (nSPS) is 11.2. The zero-order chi connectivity index (χ0) is 10.5. The Morgan fingerprint density at radius 1 is 1.46 bits per heavy atom. The molecule has 78 valence electrons. The van der Waals surface area contributed by atoms with Crippen LogP contribution in [0.15, 0.2) is 0 Å². The number of hydrazine groups is 1. The van der Waals surface area contributed by atoms with Crippen LogP contribution in [0.2, 0.25) is 0 Å². The van der Waals surface area contributed by atoms with Crippen LogP contribution in [0.3, 0.4) is 0 Å². The Morgan fingerprint density at radius 3 is 2.31 bits per heavy atom. The molecule has 0 unspecified atom stereocenters. The van der Waals surface area contributed by atoms with Gasteiger partial charge >= 0.3 is 10.2 Å². The fourth-order valence-corrected chi connectivity index (χ4v) is 1.37. The second-order valence-electron chi connectivity index (χ2n) is 2.54. The van der Waals surface area contributed by atoms with Gasteiger partial charge in [-0.25, -0.2) is 15.3 Å². The van der Waals surface area contributed by atoms with Gasteiger partial charge in [0, 0.05) is 0 Å². The van der Waals surface area contributed by atoms with Gasteiger partial charge in [-0.1, -0.05) is 19.8 Å². The third-order valence-corrected chi connectivity index (χ3v) is 2.33. The van der Waals surface area contributed by atoms with Crippen molar-refractivity contribution in [2.45, 2.75) is 26.2 Å². The molecule has 0 saturated heterocycles. The first kappa shape index (κ1) is 12.1. The largest absolute Gasteiger partial charge is 0.348 e. The molecular weight excluding hydrogens is 198 g/mol. The molecule has 0 amide bonds. The fraction of sp³-hybridized carbons (Fsp3) is 1.00. The van der Waals surface area contributed by atoms with E-state index in [2.05, 4.69) is 5.14 Å². The minimum Gasteiger partial charge on any atom is -0.234 e. The first-order chi connectivity index (χ1) is 5.89. The lowest BCUT2D eigenvalue weighted by Gasteiger charge is -2.09. The van der Waals surface area contributed by atoms with Crippen LogP contribution in [0, 0.1) is 10.1 Å². The Hall–Kier alpha value is -0.890. The predicted octanol–water partition coefficient (Wildman–Crippen LogP) is -0.126. The molecule has 8 heteroatoms. The summed E-state index contributed by atoms with van der Waals surface area (Å²) >= 11 is 0. The van der Waals surface area contributed by atoms with E-state index in [0.717, 1.165) is 12.8 Å². The number of nitrogens with two attached hydrogens (primary N) is 1. The third-order valence-electron chi connectivity index (χ3n) is 1.43. The van der Waals surface area contributed by atoms with E-state index in [4.69, 9.17) is 0 Å². The van der Waals surface area contributed by atoms with Crippen LogP contribution in [0.25, 0.3) is 0 Å². The van der Waals surface area contributed by atoms with Crippen molar-refractivity contribution >= 4 is 10.2 Å². The molecule has 13 heavy (non-hydrogen) atoms. The SMILES string of the molecule is CCCCCN([N+](=O)[O-])S(N)(=O)=O. The van der Waals surface area contributed by atoms with E-state index in [1.54, 1.807) is 0 Å². The van der Waals surface area contributed by atoms with Crippen molar-refractivity contribution in [3.05, 3.63) is 10.1 Å². The summed E-state index contributed by atoms with van der Waals surface area (Å²) in [7, 11) is -4.21. The van der Waals surface area contributed by atoms with Gasteiger partial charge in [-0.3, -0.25) is 0 Å². The molecule has 0 bridgehead atoms. The molecule has 0 spiro atoms. The van der Waals surface area contributed by atoms with Crippen molar-refractivity contribution < 1.29 is 13.5 Å². The molecule has 0 aliphatic carbocycles. The van der Waals surface area contributed by atoms with Crippen LogP contribution in [0.5, 0.6) is 0 Å². The molecule has 0 radical (unpaired) electrons. The lowest BCUT2D eigenvalue weighted by atomic mass is 10.2. The number of hydrogen-bond donors (Lipinski definition) is 1.